The summed E-state index contributed by atoms with van der Waals surface area (Å²) in [6, 6.07) is 9.14. The molecule has 2 radical (unpaired) electrons. The average Bonchev–Trinajstić information content (AvgIpc) is 2.89. The molecule has 0 amide bonds. The number of benzene rings is 1. The number of hydrogen-bond acceptors (Lipinski definition) is 4. The van der Waals surface area contributed by atoms with Gasteiger partial charge in [0.1, 0.15) is 20.1 Å². The first-order valence-electron chi connectivity index (χ1n) is 8.11. The number of carbonyl (C=O) groups is 1. The zero-order chi connectivity index (χ0) is 16.8. The second-order valence-corrected chi connectivity index (χ2v) is 7.07. The molecule has 0 aliphatic carbocycles. The molecule has 0 saturated carbocycles. The zero-order valence-electron chi connectivity index (χ0n) is 14.1. The maximum Gasteiger partial charge on any atom is 0.312 e. The van der Waals surface area contributed by atoms with Crippen LogP contribution in [0, 0.1) is 11.8 Å². The minimum absolute atomic E-state index is 0.0341. The predicted octanol–water partition coefficient (Wildman–Crippen LogP) is 2.44. The van der Waals surface area contributed by atoms with Crippen LogP contribution in [0.1, 0.15) is 33.3 Å². The van der Waals surface area contributed by atoms with Crippen LogP contribution in [0.2, 0.25) is 0 Å². The van der Waals surface area contributed by atoms with Gasteiger partial charge in [-0.3, -0.25) is 4.79 Å². The Morgan fingerprint density at radius 2 is 1.96 bits per heavy atom. The fourth-order valence-corrected chi connectivity index (χ4v) is 4.27. The summed E-state index contributed by atoms with van der Waals surface area (Å²) in [6.07, 6.45) is -0.186. The molecule has 2 heterocycles. The van der Waals surface area contributed by atoms with E-state index in [0.29, 0.717) is 0 Å². The molecule has 4 nitrogen and oxygen atoms in total. The molecule has 1 aromatic rings. The molecule has 2 fully saturated rings. The molecule has 122 valence electrons. The molecular formula is C18H23BO4. The van der Waals surface area contributed by atoms with Crippen molar-refractivity contribution < 1.29 is 19.0 Å². The number of esters is 1. The van der Waals surface area contributed by atoms with Crippen LogP contribution >= 0.6 is 0 Å². The standard InChI is InChI=1S/C18H23BO4/c1-11-14-15(19)23-18(11,17(3,4)22-14)12(2)16(20)21-10-13-8-6-5-7-9-13/h5-9,11-12,14-15H,10H2,1-4H3/t11-,12?,14?,15-,18+/m1/s1. The fourth-order valence-electron chi connectivity index (χ4n) is 4.27. The van der Waals surface area contributed by atoms with Crippen LogP contribution in [-0.4, -0.2) is 37.1 Å². The highest BCUT2D eigenvalue weighted by atomic mass is 16.6. The third kappa shape index (κ3) is 2.41. The third-order valence-electron chi connectivity index (χ3n) is 5.42. The second-order valence-electron chi connectivity index (χ2n) is 7.07. The molecule has 2 bridgehead atoms. The Balaban J connectivity index is 1.76. The van der Waals surface area contributed by atoms with Crippen molar-refractivity contribution in [1.29, 1.82) is 0 Å². The molecule has 5 heteroatoms. The molecule has 3 rings (SSSR count). The molecule has 23 heavy (non-hydrogen) atoms. The minimum atomic E-state index is -0.759. The molecule has 2 unspecified atom stereocenters. The van der Waals surface area contributed by atoms with Crippen LogP contribution in [0.25, 0.3) is 0 Å². The van der Waals surface area contributed by atoms with E-state index in [2.05, 4.69) is 0 Å². The van der Waals surface area contributed by atoms with Gasteiger partial charge < -0.3 is 14.2 Å². The van der Waals surface area contributed by atoms with Crippen molar-refractivity contribution in [2.75, 3.05) is 0 Å². The SMILES string of the molecule is [B][C@@H]1O[C@]2(C(C)C(=O)OCc3ccccc3)[C@H](C)C1OC2(C)C. The molecule has 0 aromatic heterocycles. The topological polar surface area (TPSA) is 44.8 Å². The van der Waals surface area contributed by atoms with Gasteiger partial charge >= 0.3 is 5.97 Å². The molecule has 0 N–H and O–H groups in total. The van der Waals surface area contributed by atoms with Crippen molar-refractivity contribution in [1.82, 2.24) is 0 Å². The lowest BCUT2D eigenvalue weighted by Gasteiger charge is -2.46. The normalized spacial score (nSPS) is 35.9. The summed E-state index contributed by atoms with van der Waals surface area (Å²) in [5.74, 6) is -0.714. The van der Waals surface area contributed by atoms with E-state index in [4.69, 9.17) is 22.1 Å². The van der Waals surface area contributed by atoms with Crippen LogP contribution < -0.4 is 0 Å². The van der Waals surface area contributed by atoms with Gasteiger partial charge in [0, 0.05) is 11.9 Å². The van der Waals surface area contributed by atoms with Crippen molar-refractivity contribution in [2.24, 2.45) is 11.8 Å². The van der Waals surface area contributed by atoms with Crippen LogP contribution in [0.5, 0.6) is 0 Å². The van der Waals surface area contributed by atoms with Gasteiger partial charge in [0.15, 0.2) is 0 Å². The lowest BCUT2D eigenvalue weighted by Crippen LogP contribution is -2.59. The Hall–Kier alpha value is -1.33. The smallest absolute Gasteiger partial charge is 0.312 e. The number of hydrogen-bond donors (Lipinski definition) is 0. The molecule has 2 aliphatic heterocycles. The highest BCUT2D eigenvalue weighted by molar-refractivity contribution is 6.11. The Bertz CT molecular complexity index is 588. The fraction of sp³-hybridized carbons (Fsp3) is 0.611. The molecular weight excluding hydrogens is 291 g/mol. The number of ether oxygens (including phenoxy) is 3. The molecule has 5 atom stereocenters. The summed E-state index contributed by atoms with van der Waals surface area (Å²) in [5, 5.41) is 0. The van der Waals surface area contributed by atoms with Gasteiger partial charge in [-0.1, -0.05) is 37.3 Å². The predicted molar refractivity (Wildman–Crippen MR) is 86.9 cm³/mol. The van der Waals surface area contributed by atoms with Crippen LogP contribution in [0.15, 0.2) is 30.3 Å². The first kappa shape index (κ1) is 16.5. The van der Waals surface area contributed by atoms with E-state index >= 15 is 0 Å². The summed E-state index contributed by atoms with van der Waals surface area (Å²) < 4.78 is 17.6. The van der Waals surface area contributed by atoms with Gasteiger partial charge in [0.25, 0.3) is 0 Å². The third-order valence-corrected chi connectivity index (χ3v) is 5.42. The number of rotatable bonds is 4. The number of carbonyl (C=O) groups excluding carboxylic acids is 1. The Morgan fingerprint density at radius 1 is 1.30 bits per heavy atom. The monoisotopic (exact) mass is 314 g/mol. The average molecular weight is 314 g/mol. The maximum atomic E-state index is 12.6. The Labute approximate surface area is 138 Å². The molecule has 2 aliphatic rings. The van der Waals surface area contributed by atoms with Crippen molar-refractivity contribution in [2.45, 2.75) is 57.6 Å². The van der Waals surface area contributed by atoms with Crippen LogP contribution in [-0.2, 0) is 25.6 Å². The van der Waals surface area contributed by atoms with Gasteiger partial charge in [0.2, 0.25) is 0 Å². The Morgan fingerprint density at radius 3 is 2.52 bits per heavy atom. The van der Waals surface area contributed by atoms with Gasteiger partial charge in [0.05, 0.1) is 17.6 Å². The molecule has 0 spiro atoms. The van der Waals surface area contributed by atoms with E-state index in [1.165, 1.54) is 0 Å². The highest BCUT2D eigenvalue weighted by Gasteiger charge is 2.70. The Kier molecular flexibility index (Phi) is 4.05. The summed E-state index contributed by atoms with van der Waals surface area (Å²) in [4.78, 5) is 12.6. The van der Waals surface area contributed by atoms with Gasteiger partial charge in [-0.15, -0.1) is 0 Å². The molecule has 2 saturated heterocycles. The number of fused-ring (bicyclic) bond motifs is 2. The van der Waals surface area contributed by atoms with Crippen molar-refractivity contribution in [3.8, 4) is 0 Å². The van der Waals surface area contributed by atoms with E-state index < -0.39 is 23.1 Å². The van der Waals surface area contributed by atoms with Crippen molar-refractivity contribution in [3.05, 3.63) is 35.9 Å². The molecule has 1 aromatic carbocycles. The van der Waals surface area contributed by atoms with E-state index in [9.17, 15) is 4.79 Å². The van der Waals surface area contributed by atoms with Gasteiger partial charge in [-0.05, 0) is 26.3 Å². The van der Waals surface area contributed by atoms with Crippen LogP contribution in [0.4, 0.5) is 0 Å². The first-order chi connectivity index (χ1) is 10.8. The van der Waals surface area contributed by atoms with E-state index in [1.54, 1.807) is 0 Å². The lowest BCUT2D eigenvalue weighted by atomic mass is 9.70. The minimum Gasteiger partial charge on any atom is -0.461 e. The summed E-state index contributed by atoms with van der Waals surface area (Å²) in [6.45, 7) is 8.04. The maximum absolute atomic E-state index is 12.6. The van der Waals surface area contributed by atoms with E-state index in [-0.39, 0.29) is 24.6 Å². The quantitative estimate of drug-likeness (QED) is 0.632. The largest absolute Gasteiger partial charge is 0.461 e. The second kappa shape index (κ2) is 5.64. The van der Waals surface area contributed by atoms with Gasteiger partial charge in [-0.2, -0.15) is 0 Å². The van der Waals surface area contributed by atoms with E-state index in [0.717, 1.165) is 5.56 Å². The first-order valence-corrected chi connectivity index (χ1v) is 8.11. The summed E-state index contributed by atoms with van der Waals surface area (Å²) in [5.41, 5.74) is -0.384. The lowest BCUT2D eigenvalue weighted by molar-refractivity contribution is -0.228. The van der Waals surface area contributed by atoms with Crippen molar-refractivity contribution in [3.63, 3.8) is 0 Å². The summed E-state index contributed by atoms with van der Waals surface area (Å²) in [7, 11) is 6.02. The zero-order valence-corrected chi connectivity index (χ0v) is 14.1. The van der Waals surface area contributed by atoms with E-state index in [1.807, 2.05) is 58.0 Å². The van der Waals surface area contributed by atoms with Gasteiger partial charge in [-0.25, -0.2) is 0 Å². The summed E-state index contributed by atoms with van der Waals surface area (Å²) >= 11 is 0. The highest BCUT2D eigenvalue weighted by Crippen LogP contribution is 2.57. The van der Waals surface area contributed by atoms with Crippen molar-refractivity contribution >= 4 is 13.8 Å². The van der Waals surface area contributed by atoms with Crippen LogP contribution in [0.3, 0.4) is 0 Å².